The number of nitrogens with zero attached hydrogens (tertiary/aromatic N) is 2. The highest BCUT2D eigenvalue weighted by Crippen LogP contribution is 2.27. The van der Waals surface area contributed by atoms with Crippen molar-refractivity contribution in [2.24, 2.45) is 0 Å². The molecule has 1 aliphatic heterocycles. The minimum absolute atomic E-state index is 0.0216. The van der Waals surface area contributed by atoms with Crippen LogP contribution in [0.1, 0.15) is 39.5 Å². The Balaban J connectivity index is 1.81. The highest BCUT2D eigenvalue weighted by atomic mass is 32.2. The van der Waals surface area contributed by atoms with Crippen molar-refractivity contribution in [1.29, 1.82) is 5.41 Å². The second kappa shape index (κ2) is 10.9. The molecule has 1 aliphatic carbocycles. The fourth-order valence-corrected chi connectivity index (χ4v) is 4.80. The van der Waals surface area contributed by atoms with Gasteiger partial charge in [-0.05, 0) is 43.9 Å². The van der Waals surface area contributed by atoms with Gasteiger partial charge >= 0.3 is 0 Å². The molecule has 1 amide bonds. The van der Waals surface area contributed by atoms with Crippen LogP contribution < -0.4 is 11.1 Å². The van der Waals surface area contributed by atoms with Crippen molar-refractivity contribution in [2.45, 2.75) is 50.9 Å². The van der Waals surface area contributed by atoms with E-state index in [0.29, 0.717) is 29.7 Å². The molecule has 1 saturated heterocycles. The topological polar surface area (TPSA) is 94.7 Å². The van der Waals surface area contributed by atoms with Crippen LogP contribution in [0.3, 0.4) is 0 Å². The van der Waals surface area contributed by atoms with Crippen LogP contribution in [0.5, 0.6) is 0 Å². The predicted octanol–water partition coefficient (Wildman–Crippen LogP) is 3.84. The number of nitrogen functional groups attached to an aromatic ring is 1. The number of nitrogens with two attached hydrogens (primary N) is 1. The fourth-order valence-electron chi connectivity index (χ4n) is 3.83. The van der Waals surface area contributed by atoms with E-state index in [4.69, 9.17) is 15.9 Å². The fraction of sp³-hybridized carbons (Fsp3) is 0.545. The van der Waals surface area contributed by atoms with E-state index < -0.39 is 11.7 Å². The van der Waals surface area contributed by atoms with Crippen LogP contribution in [0.15, 0.2) is 29.7 Å². The molecule has 7 nitrogen and oxygen atoms in total. The summed E-state index contributed by atoms with van der Waals surface area (Å²) in [5, 5.41) is 11.2. The first-order chi connectivity index (χ1) is 14.9. The summed E-state index contributed by atoms with van der Waals surface area (Å²) < 4.78 is 22.3. The van der Waals surface area contributed by atoms with Gasteiger partial charge in [0.2, 0.25) is 5.76 Å². The third kappa shape index (κ3) is 6.36. The van der Waals surface area contributed by atoms with Gasteiger partial charge in [0.1, 0.15) is 11.5 Å². The van der Waals surface area contributed by atoms with Crippen LogP contribution in [0.25, 0.3) is 0 Å². The quantitative estimate of drug-likeness (QED) is 0.184. The largest absolute Gasteiger partial charge is 0.483 e. The Morgan fingerprint density at radius 1 is 1.29 bits per heavy atom. The molecule has 2 fully saturated rings. The number of hydrogen-bond acceptors (Lipinski definition) is 7. The first-order valence-corrected chi connectivity index (χ1v) is 11.7. The molecule has 31 heavy (non-hydrogen) atoms. The van der Waals surface area contributed by atoms with Gasteiger partial charge in [0.05, 0.1) is 11.8 Å². The predicted molar refractivity (Wildman–Crippen MR) is 124 cm³/mol. The van der Waals surface area contributed by atoms with E-state index in [1.807, 2.05) is 16.8 Å². The van der Waals surface area contributed by atoms with Crippen molar-refractivity contribution in [1.82, 2.24) is 9.21 Å². The number of halogens is 1. The zero-order valence-corrected chi connectivity index (χ0v) is 19.0. The molecule has 4 N–H and O–H groups in total. The number of ether oxygens (including phenoxy) is 1. The van der Waals surface area contributed by atoms with E-state index in [0.717, 1.165) is 38.8 Å². The van der Waals surface area contributed by atoms with Crippen LogP contribution in [-0.2, 0) is 9.53 Å². The Bertz CT molecular complexity index is 818. The van der Waals surface area contributed by atoms with Gasteiger partial charge in [-0.2, -0.15) is 0 Å². The first-order valence-electron chi connectivity index (χ1n) is 10.8. The van der Waals surface area contributed by atoms with Crippen molar-refractivity contribution in [2.75, 3.05) is 37.2 Å². The van der Waals surface area contributed by atoms with Crippen molar-refractivity contribution in [3.05, 3.63) is 35.5 Å². The van der Waals surface area contributed by atoms with Gasteiger partial charge in [0.15, 0.2) is 0 Å². The van der Waals surface area contributed by atoms with E-state index in [-0.39, 0.29) is 17.6 Å². The molecule has 1 heterocycles. The lowest BCUT2D eigenvalue weighted by molar-refractivity contribution is -0.117. The van der Waals surface area contributed by atoms with E-state index in [2.05, 4.69) is 23.5 Å². The van der Waals surface area contributed by atoms with Crippen molar-refractivity contribution >= 4 is 35.4 Å². The van der Waals surface area contributed by atoms with Crippen LogP contribution in [0.2, 0.25) is 0 Å². The van der Waals surface area contributed by atoms with Crippen molar-refractivity contribution in [3.63, 3.8) is 0 Å². The number of carbonyl (C=O) groups is 1. The number of anilines is 2. The van der Waals surface area contributed by atoms with Gasteiger partial charge in [0, 0.05) is 43.3 Å². The van der Waals surface area contributed by atoms with Gasteiger partial charge in [-0.15, -0.1) is 0 Å². The van der Waals surface area contributed by atoms with E-state index in [1.54, 1.807) is 6.07 Å². The summed E-state index contributed by atoms with van der Waals surface area (Å²) in [7, 11) is 0. The molecule has 1 aromatic carbocycles. The number of hydrogen-bond donors (Lipinski definition) is 3. The zero-order chi connectivity index (χ0) is 22.4. The lowest BCUT2D eigenvalue weighted by Crippen LogP contribution is -2.44. The smallest absolute Gasteiger partial charge is 0.293 e. The molecule has 0 unspecified atom stereocenters. The number of carbonyl (C=O) groups excluding carboxylic acids is 1. The number of benzene rings is 1. The number of amides is 1. The summed E-state index contributed by atoms with van der Waals surface area (Å²) in [4.78, 5) is 15.2. The van der Waals surface area contributed by atoms with Crippen LogP contribution in [0, 0.1) is 11.2 Å². The van der Waals surface area contributed by atoms with Crippen LogP contribution in [-0.4, -0.2) is 58.9 Å². The Labute approximate surface area is 187 Å². The summed E-state index contributed by atoms with van der Waals surface area (Å²) in [6.07, 6.45) is 5.05. The number of allylic oxidation sites excluding steroid dienone is 1. The van der Waals surface area contributed by atoms with Gasteiger partial charge in [-0.25, -0.2) is 8.70 Å². The summed E-state index contributed by atoms with van der Waals surface area (Å²) >= 11 is 1.82. The third-order valence-electron chi connectivity index (χ3n) is 5.36. The Hall–Kier alpha value is -2.26. The van der Waals surface area contributed by atoms with E-state index in [1.165, 1.54) is 18.3 Å². The molecule has 0 spiro atoms. The average molecular weight is 450 g/mol. The lowest BCUT2D eigenvalue weighted by atomic mass is 10.2. The molecule has 1 aromatic rings. The highest BCUT2D eigenvalue weighted by Gasteiger charge is 2.28. The minimum atomic E-state index is -0.592. The molecule has 0 aromatic heterocycles. The van der Waals surface area contributed by atoms with Gasteiger partial charge < -0.3 is 26.1 Å². The van der Waals surface area contributed by atoms with Crippen molar-refractivity contribution in [3.8, 4) is 0 Å². The van der Waals surface area contributed by atoms with E-state index >= 15 is 0 Å². The minimum Gasteiger partial charge on any atom is -0.483 e. The van der Waals surface area contributed by atoms with Crippen LogP contribution in [0.4, 0.5) is 15.8 Å². The highest BCUT2D eigenvalue weighted by molar-refractivity contribution is 7.97. The standard InChI is InChI=1S/C22H32FN5O2S/c1-15(2)31-28-11-9-27(10-12-28)20(14-24)21(30-17-5-3-4-6-17)22(29)26-16-7-8-19(25)18(23)13-16/h7-8,13-15,17,24H,3-6,9-12,25H2,1-2H3,(H,26,29)/b21-20-,24-14?. The molecule has 1 saturated carbocycles. The molecule has 170 valence electrons. The maximum absolute atomic E-state index is 13.8. The van der Waals surface area contributed by atoms with Gasteiger partial charge in [-0.3, -0.25) is 4.79 Å². The molecule has 0 atom stereocenters. The third-order valence-corrected chi connectivity index (χ3v) is 6.44. The zero-order valence-electron chi connectivity index (χ0n) is 18.2. The Kier molecular flexibility index (Phi) is 8.20. The summed E-state index contributed by atoms with van der Waals surface area (Å²) in [6.45, 7) is 7.40. The molecule has 2 aliphatic rings. The summed E-state index contributed by atoms with van der Waals surface area (Å²) in [5.41, 5.74) is 6.32. The molecule has 0 bridgehead atoms. The molecular formula is C22H32FN5O2S. The number of nitrogens with one attached hydrogen (secondary N) is 2. The first kappa shape index (κ1) is 23.4. The summed E-state index contributed by atoms with van der Waals surface area (Å²) in [5.74, 6) is -0.941. The van der Waals surface area contributed by atoms with Crippen molar-refractivity contribution < 1.29 is 13.9 Å². The summed E-state index contributed by atoms with van der Waals surface area (Å²) in [6, 6.07) is 4.15. The average Bonchev–Trinajstić information content (AvgIpc) is 3.24. The molecular weight excluding hydrogens is 417 g/mol. The SMILES string of the molecule is CC(C)SN1CCN(/C(C=N)=C(\OC2CCCC2)C(=O)Nc2ccc(N)c(F)c2)CC1. The molecule has 9 heteroatoms. The number of rotatable bonds is 8. The molecule has 0 radical (unpaired) electrons. The van der Waals surface area contributed by atoms with Crippen LogP contribution >= 0.6 is 11.9 Å². The Morgan fingerprint density at radius 2 is 1.97 bits per heavy atom. The van der Waals surface area contributed by atoms with E-state index in [9.17, 15) is 9.18 Å². The second-order valence-corrected chi connectivity index (χ2v) is 9.81. The monoisotopic (exact) mass is 449 g/mol. The lowest BCUT2D eigenvalue weighted by Gasteiger charge is -2.37. The maximum Gasteiger partial charge on any atom is 0.293 e. The maximum atomic E-state index is 13.8. The van der Waals surface area contributed by atoms with Gasteiger partial charge in [0.25, 0.3) is 5.91 Å². The number of piperazine rings is 1. The Morgan fingerprint density at radius 3 is 2.55 bits per heavy atom. The molecule has 3 rings (SSSR count). The normalized spacial score (nSPS) is 18.8. The second-order valence-electron chi connectivity index (χ2n) is 8.14. The van der Waals surface area contributed by atoms with Gasteiger partial charge in [-0.1, -0.05) is 25.8 Å².